The van der Waals surface area contributed by atoms with Crippen molar-refractivity contribution in [2.24, 2.45) is 5.92 Å². The number of ether oxygens (including phenoxy) is 2. The number of carbonyl (C=O) groups is 2. The first-order valence-electron chi connectivity index (χ1n) is 17.4. The second-order valence-electron chi connectivity index (χ2n) is 12.8. The fourth-order valence-electron chi connectivity index (χ4n) is 6.71. The van der Waals surface area contributed by atoms with E-state index in [0.717, 1.165) is 86.9 Å². The van der Waals surface area contributed by atoms with E-state index in [0.29, 0.717) is 19.7 Å². The van der Waals surface area contributed by atoms with Crippen molar-refractivity contribution in [2.45, 2.75) is 38.3 Å². The second kappa shape index (κ2) is 17.5. The van der Waals surface area contributed by atoms with E-state index in [2.05, 4.69) is 27.7 Å². The van der Waals surface area contributed by atoms with Crippen LogP contribution in [-0.2, 0) is 11.3 Å². The highest BCUT2D eigenvalue weighted by Gasteiger charge is 2.32. The Balaban J connectivity index is 1.18. The molecule has 6 rings (SSSR count). The maximum absolute atomic E-state index is 14.0. The summed E-state index contributed by atoms with van der Waals surface area (Å²) in [7, 11) is 0. The molecule has 2 unspecified atom stereocenters. The molecule has 2 aliphatic rings. The first kappa shape index (κ1) is 34.0. The Morgan fingerprint density at radius 1 is 0.776 bits per heavy atom. The number of amides is 4. The number of hydrogen-bond acceptors (Lipinski definition) is 5. The van der Waals surface area contributed by atoms with Gasteiger partial charge >= 0.3 is 12.1 Å². The van der Waals surface area contributed by atoms with Gasteiger partial charge in [-0.2, -0.15) is 0 Å². The molecule has 0 radical (unpaired) electrons. The zero-order valence-electron chi connectivity index (χ0n) is 28.1. The number of morpholine rings is 1. The van der Waals surface area contributed by atoms with E-state index in [1.54, 1.807) is 0 Å². The van der Waals surface area contributed by atoms with E-state index in [-0.39, 0.29) is 24.0 Å². The topological polar surface area (TPSA) is 86.4 Å². The number of anilines is 3. The van der Waals surface area contributed by atoms with Crippen molar-refractivity contribution in [1.29, 1.82) is 0 Å². The summed E-state index contributed by atoms with van der Waals surface area (Å²) in [5.41, 5.74) is 3.38. The number of carbonyl (C=O) groups excluding carboxylic acids is 2. The summed E-state index contributed by atoms with van der Waals surface area (Å²) in [6.45, 7) is 5.75. The quantitative estimate of drug-likeness (QED) is 0.162. The Hall–Kier alpha value is -4.86. The van der Waals surface area contributed by atoms with Crippen LogP contribution in [0.3, 0.4) is 0 Å². The van der Waals surface area contributed by atoms with E-state index in [9.17, 15) is 9.59 Å². The van der Waals surface area contributed by atoms with Gasteiger partial charge in [-0.15, -0.1) is 0 Å². The van der Waals surface area contributed by atoms with Crippen molar-refractivity contribution in [3.05, 3.63) is 121 Å². The minimum absolute atomic E-state index is 0.0246. The average molecular weight is 662 g/mol. The minimum Gasteiger partial charge on any atom is -0.492 e. The van der Waals surface area contributed by atoms with Crippen LogP contribution in [0.5, 0.6) is 5.75 Å². The lowest BCUT2D eigenvalue weighted by Crippen LogP contribution is -2.47. The molecule has 1 aliphatic carbocycles. The number of nitrogens with one attached hydrogen (secondary N) is 2. The second-order valence-corrected chi connectivity index (χ2v) is 12.8. The molecule has 4 aromatic carbocycles. The van der Waals surface area contributed by atoms with Crippen LogP contribution in [0, 0.1) is 5.92 Å². The van der Waals surface area contributed by atoms with Crippen LogP contribution < -0.4 is 20.3 Å². The highest BCUT2D eigenvalue weighted by atomic mass is 16.5. The molecular weight excluding hydrogens is 614 g/mol. The maximum atomic E-state index is 14.0. The van der Waals surface area contributed by atoms with Crippen molar-refractivity contribution in [3.8, 4) is 5.75 Å². The van der Waals surface area contributed by atoms with Gasteiger partial charge in [0.25, 0.3) is 0 Å². The SMILES string of the molecule is O=C(Nc1ccccc1)N(CC1CCCC(N(Cc2ccccc2)C(=O)Nc2ccccc2)C1)c1cccc(OCCN2CCOCC2)c1. The van der Waals surface area contributed by atoms with E-state index < -0.39 is 0 Å². The van der Waals surface area contributed by atoms with Gasteiger partial charge in [0, 0.05) is 61.9 Å². The smallest absolute Gasteiger partial charge is 0.326 e. The molecule has 4 amide bonds. The van der Waals surface area contributed by atoms with Gasteiger partial charge in [-0.1, -0.05) is 79.2 Å². The Kier molecular flexibility index (Phi) is 12.2. The Labute approximate surface area is 289 Å². The van der Waals surface area contributed by atoms with Gasteiger partial charge in [0.15, 0.2) is 0 Å². The van der Waals surface area contributed by atoms with Gasteiger partial charge in [0.1, 0.15) is 12.4 Å². The summed E-state index contributed by atoms with van der Waals surface area (Å²) < 4.78 is 11.6. The third kappa shape index (κ3) is 10.1. The van der Waals surface area contributed by atoms with Crippen molar-refractivity contribution in [3.63, 3.8) is 0 Å². The molecule has 0 bridgehead atoms. The van der Waals surface area contributed by atoms with Crippen LogP contribution in [-0.4, -0.2) is 73.9 Å². The lowest BCUT2D eigenvalue weighted by Gasteiger charge is -2.39. The van der Waals surface area contributed by atoms with Crippen molar-refractivity contribution < 1.29 is 19.1 Å². The number of para-hydroxylation sites is 2. The largest absolute Gasteiger partial charge is 0.492 e. The fourth-order valence-corrected chi connectivity index (χ4v) is 6.71. The third-order valence-electron chi connectivity index (χ3n) is 9.30. The molecule has 2 atom stereocenters. The van der Waals surface area contributed by atoms with Crippen molar-refractivity contribution in [1.82, 2.24) is 9.80 Å². The van der Waals surface area contributed by atoms with Crippen LogP contribution in [0.2, 0.25) is 0 Å². The summed E-state index contributed by atoms with van der Waals surface area (Å²) in [5, 5.41) is 6.22. The normalized spacial score (nSPS) is 17.9. The fraction of sp³-hybridized carbons (Fsp3) is 0.350. The zero-order valence-corrected chi connectivity index (χ0v) is 28.1. The Bertz CT molecular complexity index is 1600. The van der Waals surface area contributed by atoms with E-state index >= 15 is 0 Å². The summed E-state index contributed by atoms with van der Waals surface area (Å²) in [6.07, 6.45) is 3.65. The van der Waals surface area contributed by atoms with Crippen molar-refractivity contribution in [2.75, 3.05) is 61.5 Å². The minimum atomic E-state index is -0.193. The van der Waals surface area contributed by atoms with E-state index in [1.165, 1.54) is 0 Å². The Morgan fingerprint density at radius 3 is 2.12 bits per heavy atom. The molecule has 2 fully saturated rings. The molecular formula is C40H47N5O4. The van der Waals surface area contributed by atoms with Crippen LogP contribution in [0.1, 0.15) is 31.2 Å². The zero-order chi connectivity index (χ0) is 33.7. The molecule has 9 heteroatoms. The molecule has 9 nitrogen and oxygen atoms in total. The summed E-state index contributed by atoms with van der Waals surface area (Å²) in [5.74, 6) is 0.922. The summed E-state index contributed by atoms with van der Waals surface area (Å²) in [6, 6.07) is 36.8. The average Bonchev–Trinajstić information content (AvgIpc) is 3.15. The maximum Gasteiger partial charge on any atom is 0.326 e. The molecule has 1 aliphatic heterocycles. The standard InChI is InChI=1S/C40H47N5O4/c46-39(41-34-15-6-2-7-16-34)44(30-32-12-4-1-5-13-32)36-19-10-14-33(28-36)31-45(40(47)42-35-17-8-3-9-18-35)37-20-11-21-38(29-37)49-27-24-43-22-25-48-26-23-43/h1-9,11-13,15-18,20-21,29,33,36H,10,14,19,22-28,30-31H2,(H,41,46)(H,42,47). The van der Waals surface area contributed by atoms with Gasteiger partial charge in [-0.05, 0) is 67.1 Å². The first-order chi connectivity index (χ1) is 24.1. The molecule has 0 spiro atoms. The molecule has 4 aromatic rings. The molecule has 0 aromatic heterocycles. The van der Waals surface area contributed by atoms with Gasteiger partial charge in [-0.25, -0.2) is 9.59 Å². The number of urea groups is 2. The highest BCUT2D eigenvalue weighted by Crippen LogP contribution is 2.32. The predicted molar refractivity (Wildman–Crippen MR) is 195 cm³/mol. The molecule has 256 valence electrons. The lowest BCUT2D eigenvalue weighted by molar-refractivity contribution is 0.0322. The van der Waals surface area contributed by atoms with Crippen LogP contribution in [0.25, 0.3) is 0 Å². The van der Waals surface area contributed by atoms with Crippen LogP contribution >= 0.6 is 0 Å². The van der Waals surface area contributed by atoms with Gasteiger partial charge in [-0.3, -0.25) is 9.80 Å². The first-order valence-corrected chi connectivity index (χ1v) is 17.4. The third-order valence-corrected chi connectivity index (χ3v) is 9.30. The number of benzene rings is 4. The monoisotopic (exact) mass is 661 g/mol. The molecule has 1 saturated carbocycles. The van der Waals surface area contributed by atoms with Gasteiger partial charge in [0.05, 0.1) is 13.2 Å². The predicted octanol–water partition coefficient (Wildman–Crippen LogP) is 7.73. The Morgan fingerprint density at radius 2 is 1.43 bits per heavy atom. The van der Waals surface area contributed by atoms with E-state index in [1.807, 2.05) is 113 Å². The molecule has 49 heavy (non-hydrogen) atoms. The number of nitrogens with zero attached hydrogens (tertiary/aromatic N) is 3. The van der Waals surface area contributed by atoms with Crippen molar-refractivity contribution >= 4 is 29.1 Å². The molecule has 1 saturated heterocycles. The van der Waals surface area contributed by atoms with Crippen LogP contribution in [0.15, 0.2) is 115 Å². The molecule has 2 N–H and O–H groups in total. The summed E-state index contributed by atoms with van der Waals surface area (Å²) in [4.78, 5) is 33.9. The van der Waals surface area contributed by atoms with Crippen LogP contribution in [0.4, 0.5) is 26.7 Å². The number of rotatable bonds is 12. The lowest BCUT2D eigenvalue weighted by atomic mass is 9.84. The van der Waals surface area contributed by atoms with Gasteiger partial charge in [0.2, 0.25) is 0 Å². The highest BCUT2D eigenvalue weighted by molar-refractivity contribution is 6.01. The summed E-state index contributed by atoms with van der Waals surface area (Å²) >= 11 is 0. The number of hydrogen-bond donors (Lipinski definition) is 2. The molecule has 1 heterocycles. The van der Waals surface area contributed by atoms with E-state index in [4.69, 9.17) is 9.47 Å². The van der Waals surface area contributed by atoms with Gasteiger partial charge < -0.3 is 25.0 Å².